The normalized spacial score (nSPS) is 17.0. The van der Waals surface area contributed by atoms with Crippen molar-refractivity contribution in [2.24, 2.45) is 0 Å². The molecule has 0 aromatic heterocycles. The molecule has 1 aliphatic rings. The second-order valence-corrected chi connectivity index (χ2v) is 6.31. The Morgan fingerprint density at radius 2 is 1.88 bits per heavy atom. The monoisotopic (exact) mass is 363 g/mol. The quantitative estimate of drug-likeness (QED) is 0.867. The molecule has 2 N–H and O–H groups in total. The minimum absolute atomic E-state index is 0.0176. The zero-order valence-electron chi connectivity index (χ0n) is 12.6. The number of anilines is 2. The van der Waals surface area contributed by atoms with Crippen molar-refractivity contribution in [1.82, 2.24) is 5.32 Å². The fourth-order valence-corrected chi connectivity index (χ4v) is 3.05. The molecule has 2 aromatic carbocycles. The maximum atomic E-state index is 12.1. The van der Waals surface area contributed by atoms with Crippen molar-refractivity contribution in [1.29, 1.82) is 0 Å². The molecule has 1 atom stereocenters. The van der Waals surface area contributed by atoms with Gasteiger partial charge in [0.1, 0.15) is 0 Å². The number of nitrogens with one attached hydrogen (secondary N) is 2. The third-order valence-electron chi connectivity index (χ3n) is 3.71. The van der Waals surface area contributed by atoms with E-state index in [0.717, 1.165) is 5.69 Å². The predicted molar refractivity (Wildman–Crippen MR) is 95.8 cm³/mol. The summed E-state index contributed by atoms with van der Waals surface area (Å²) in [6, 6.07) is 13.5. The summed E-state index contributed by atoms with van der Waals surface area (Å²) in [5, 5.41) is 6.30. The molecule has 124 valence electrons. The molecule has 1 heterocycles. The van der Waals surface area contributed by atoms with E-state index in [2.05, 4.69) is 10.6 Å². The zero-order valence-corrected chi connectivity index (χ0v) is 14.1. The maximum Gasteiger partial charge on any atom is 0.319 e. The predicted octanol–water partition coefficient (Wildman–Crippen LogP) is 3.92. The highest BCUT2D eigenvalue weighted by Crippen LogP contribution is 2.25. The molecule has 5 nitrogen and oxygen atoms in total. The minimum atomic E-state index is -0.410. The molecule has 1 aliphatic heterocycles. The Kier molecular flexibility index (Phi) is 4.92. The van der Waals surface area contributed by atoms with Crippen molar-refractivity contribution in [2.45, 2.75) is 12.5 Å². The Morgan fingerprint density at radius 3 is 2.58 bits per heavy atom. The molecule has 3 rings (SSSR count). The van der Waals surface area contributed by atoms with Gasteiger partial charge >= 0.3 is 6.03 Å². The zero-order chi connectivity index (χ0) is 17.1. The molecule has 2 aromatic rings. The Hall–Kier alpha value is -2.24. The maximum absolute atomic E-state index is 12.1. The molecule has 0 aliphatic carbocycles. The van der Waals surface area contributed by atoms with Crippen molar-refractivity contribution >= 4 is 46.5 Å². The van der Waals surface area contributed by atoms with Crippen molar-refractivity contribution < 1.29 is 9.59 Å². The fraction of sp³-hybridized carbons (Fsp3) is 0.176. The van der Waals surface area contributed by atoms with E-state index >= 15 is 0 Å². The lowest BCUT2D eigenvalue weighted by atomic mass is 10.2. The highest BCUT2D eigenvalue weighted by molar-refractivity contribution is 6.36. The number of hydrogen-bond donors (Lipinski definition) is 2. The van der Waals surface area contributed by atoms with Gasteiger partial charge in [-0.1, -0.05) is 41.4 Å². The van der Waals surface area contributed by atoms with Crippen LogP contribution in [0.2, 0.25) is 10.0 Å². The topological polar surface area (TPSA) is 61.4 Å². The summed E-state index contributed by atoms with van der Waals surface area (Å²) in [5.74, 6) is -0.0176. The number of nitrogens with zero attached hydrogens (tertiary/aromatic N) is 1. The van der Waals surface area contributed by atoms with Crippen molar-refractivity contribution in [3.05, 3.63) is 58.6 Å². The molecular formula is C17H15Cl2N3O2. The number of carbonyl (C=O) groups is 2. The van der Waals surface area contributed by atoms with Crippen LogP contribution in [0.15, 0.2) is 48.5 Å². The molecule has 7 heteroatoms. The molecule has 1 saturated heterocycles. The third-order valence-corrected chi connectivity index (χ3v) is 4.26. The number of amides is 3. The highest BCUT2D eigenvalue weighted by atomic mass is 35.5. The first-order valence-electron chi connectivity index (χ1n) is 7.41. The summed E-state index contributed by atoms with van der Waals surface area (Å²) in [5.41, 5.74) is 1.29. The number of benzene rings is 2. The molecule has 1 fully saturated rings. The lowest BCUT2D eigenvalue weighted by Gasteiger charge is -2.17. The van der Waals surface area contributed by atoms with Crippen LogP contribution in [0.25, 0.3) is 0 Å². The summed E-state index contributed by atoms with van der Waals surface area (Å²) in [6.45, 7) is 0.435. The van der Waals surface area contributed by atoms with Gasteiger partial charge in [-0.25, -0.2) is 4.79 Å². The molecule has 1 unspecified atom stereocenters. The smallest absolute Gasteiger partial charge is 0.319 e. The van der Waals surface area contributed by atoms with Gasteiger partial charge in [0.15, 0.2) is 0 Å². The van der Waals surface area contributed by atoms with Gasteiger partial charge in [-0.3, -0.25) is 4.79 Å². The highest BCUT2D eigenvalue weighted by Gasteiger charge is 2.31. The number of rotatable bonds is 3. The van der Waals surface area contributed by atoms with Gasteiger partial charge in [0, 0.05) is 23.7 Å². The molecule has 24 heavy (non-hydrogen) atoms. The summed E-state index contributed by atoms with van der Waals surface area (Å²) in [4.78, 5) is 25.9. The van der Waals surface area contributed by atoms with Crippen LogP contribution in [-0.4, -0.2) is 24.5 Å². The average Bonchev–Trinajstić information content (AvgIpc) is 2.91. The van der Waals surface area contributed by atoms with Crippen molar-refractivity contribution in [3.63, 3.8) is 0 Å². The molecule has 0 spiro atoms. The van der Waals surface area contributed by atoms with Crippen molar-refractivity contribution in [2.75, 3.05) is 16.8 Å². The van der Waals surface area contributed by atoms with Gasteiger partial charge in [0.25, 0.3) is 0 Å². The second kappa shape index (κ2) is 7.11. The lowest BCUT2D eigenvalue weighted by Crippen LogP contribution is -2.39. The molecule has 0 bridgehead atoms. The Balaban J connectivity index is 1.60. The Morgan fingerprint density at radius 1 is 1.12 bits per heavy atom. The number of halogens is 2. The van der Waals surface area contributed by atoms with Crippen LogP contribution in [-0.2, 0) is 4.79 Å². The minimum Gasteiger partial charge on any atom is -0.333 e. The first-order chi connectivity index (χ1) is 11.5. The van der Waals surface area contributed by atoms with E-state index in [1.54, 1.807) is 23.1 Å². The van der Waals surface area contributed by atoms with E-state index in [-0.39, 0.29) is 18.4 Å². The first-order valence-corrected chi connectivity index (χ1v) is 8.16. The van der Waals surface area contributed by atoms with E-state index in [1.165, 1.54) is 0 Å². The first kappa shape index (κ1) is 16.6. The van der Waals surface area contributed by atoms with E-state index in [9.17, 15) is 9.59 Å². The van der Waals surface area contributed by atoms with Crippen molar-refractivity contribution in [3.8, 4) is 0 Å². The summed E-state index contributed by atoms with van der Waals surface area (Å²) in [7, 11) is 0. The summed E-state index contributed by atoms with van der Waals surface area (Å²) < 4.78 is 0. The molecular weight excluding hydrogens is 349 g/mol. The van der Waals surface area contributed by atoms with Crippen LogP contribution in [0.5, 0.6) is 0 Å². The van der Waals surface area contributed by atoms with Gasteiger partial charge in [-0.05, 0) is 30.3 Å². The van der Waals surface area contributed by atoms with Gasteiger partial charge < -0.3 is 15.5 Å². The second-order valence-electron chi connectivity index (χ2n) is 5.46. The van der Waals surface area contributed by atoms with Gasteiger partial charge in [-0.2, -0.15) is 0 Å². The standard InChI is InChI=1S/C17H15Cl2N3O2/c18-11-6-7-15(14(19)8-11)21-17(24)20-12-9-16(23)22(10-12)13-4-2-1-3-5-13/h1-8,12H,9-10H2,(H2,20,21,24). The van der Waals surface area contributed by atoms with Gasteiger partial charge in [0.2, 0.25) is 5.91 Å². The molecule has 0 saturated carbocycles. The SMILES string of the molecule is O=C(Nc1ccc(Cl)cc1Cl)NC1CC(=O)N(c2ccccc2)C1. The van der Waals surface area contributed by atoms with Gasteiger partial charge in [0.05, 0.1) is 16.8 Å². The van der Waals surface area contributed by atoms with Crippen LogP contribution in [0.4, 0.5) is 16.2 Å². The summed E-state index contributed by atoms with van der Waals surface area (Å²) >= 11 is 11.9. The average molecular weight is 364 g/mol. The van der Waals surface area contributed by atoms with E-state index < -0.39 is 6.03 Å². The number of urea groups is 1. The van der Waals surface area contributed by atoms with E-state index in [1.807, 2.05) is 30.3 Å². The Bertz CT molecular complexity index is 768. The fourth-order valence-electron chi connectivity index (χ4n) is 2.60. The van der Waals surface area contributed by atoms with Crippen LogP contribution < -0.4 is 15.5 Å². The Labute approximate surface area is 149 Å². The van der Waals surface area contributed by atoms with E-state index in [0.29, 0.717) is 22.3 Å². The van der Waals surface area contributed by atoms with Crippen LogP contribution in [0.3, 0.4) is 0 Å². The van der Waals surface area contributed by atoms with E-state index in [4.69, 9.17) is 23.2 Å². The van der Waals surface area contributed by atoms with Gasteiger partial charge in [-0.15, -0.1) is 0 Å². The van der Waals surface area contributed by atoms with Crippen LogP contribution in [0, 0.1) is 0 Å². The number of carbonyl (C=O) groups excluding carboxylic acids is 2. The van der Waals surface area contributed by atoms with Crippen LogP contribution >= 0.6 is 23.2 Å². The van der Waals surface area contributed by atoms with Crippen LogP contribution in [0.1, 0.15) is 6.42 Å². The molecule has 3 amide bonds. The third kappa shape index (κ3) is 3.80. The summed E-state index contributed by atoms with van der Waals surface area (Å²) in [6.07, 6.45) is 0.261. The molecule has 0 radical (unpaired) electrons. The number of para-hydroxylation sites is 1. The number of hydrogen-bond acceptors (Lipinski definition) is 2. The largest absolute Gasteiger partial charge is 0.333 e. The lowest BCUT2D eigenvalue weighted by molar-refractivity contribution is -0.117.